The summed E-state index contributed by atoms with van der Waals surface area (Å²) < 4.78 is 1.79. The number of piperidine rings is 1. The summed E-state index contributed by atoms with van der Waals surface area (Å²) in [7, 11) is 0. The Bertz CT molecular complexity index is 2080. The second-order valence-electron chi connectivity index (χ2n) is 15.8. The summed E-state index contributed by atoms with van der Waals surface area (Å²) >= 11 is 0. The predicted octanol–water partition coefficient (Wildman–Crippen LogP) is 8.77. The number of fused-ring (bicyclic) bond motifs is 2. The maximum atomic E-state index is 13.9. The molecule has 0 spiro atoms. The van der Waals surface area contributed by atoms with Gasteiger partial charge in [0.25, 0.3) is 5.91 Å². The van der Waals surface area contributed by atoms with Gasteiger partial charge in [-0.15, -0.1) is 0 Å². The maximum absolute atomic E-state index is 13.9. The summed E-state index contributed by atoms with van der Waals surface area (Å²) in [5, 5.41) is 14.3. The monoisotopic (exact) mass is 710 g/mol. The minimum atomic E-state index is -0.321. The van der Waals surface area contributed by atoms with E-state index in [1.165, 1.54) is 5.56 Å². The summed E-state index contributed by atoms with van der Waals surface area (Å²) in [6.07, 6.45) is 4.92. The van der Waals surface area contributed by atoms with Gasteiger partial charge >= 0.3 is 6.03 Å². The van der Waals surface area contributed by atoms with Gasteiger partial charge in [0.1, 0.15) is 11.6 Å². The van der Waals surface area contributed by atoms with Crippen LogP contribution < -0.4 is 16.0 Å². The van der Waals surface area contributed by atoms with Gasteiger partial charge in [0.15, 0.2) is 0 Å². The summed E-state index contributed by atoms with van der Waals surface area (Å²) in [4.78, 5) is 38.4. The molecule has 2 aromatic heterocycles. The molecule has 4 heterocycles. The Morgan fingerprint density at radius 1 is 0.792 bits per heavy atom. The number of carbonyl (C=O) groups excluding carboxylic acids is 2. The van der Waals surface area contributed by atoms with Crippen LogP contribution in [0.15, 0.2) is 84.9 Å². The Kier molecular flexibility index (Phi) is 10.1. The molecular formula is C43H50N8O2. The second-order valence-corrected chi connectivity index (χ2v) is 15.8. The Morgan fingerprint density at radius 3 is 2.17 bits per heavy atom. The molecule has 2 saturated heterocycles. The number of hydrogen-bond donors (Lipinski definition) is 3. The zero-order chi connectivity index (χ0) is 37.3. The molecule has 0 aliphatic carbocycles. The molecule has 0 saturated carbocycles. The zero-order valence-electron chi connectivity index (χ0n) is 31.6. The average molecular weight is 711 g/mol. The van der Waals surface area contributed by atoms with Crippen LogP contribution in [0.5, 0.6) is 0 Å². The van der Waals surface area contributed by atoms with Crippen molar-refractivity contribution in [3.63, 3.8) is 0 Å². The van der Waals surface area contributed by atoms with E-state index in [2.05, 4.69) is 63.7 Å². The number of aryl methyl sites for hydroxylation is 3. The van der Waals surface area contributed by atoms with Gasteiger partial charge in [-0.2, -0.15) is 5.10 Å². The molecule has 7 rings (SSSR count). The van der Waals surface area contributed by atoms with Crippen molar-refractivity contribution in [2.75, 3.05) is 16.0 Å². The van der Waals surface area contributed by atoms with Crippen molar-refractivity contribution >= 4 is 29.1 Å². The Morgan fingerprint density at radius 2 is 1.47 bits per heavy atom. The highest BCUT2D eigenvalue weighted by Crippen LogP contribution is 2.41. The van der Waals surface area contributed by atoms with E-state index < -0.39 is 0 Å². The highest BCUT2D eigenvalue weighted by molar-refractivity contribution is 5.99. The normalized spacial score (nSPS) is 18.2. The lowest BCUT2D eigenvalue weighted by molar-refractivity contribution is 0.0524. The molecule has 53 heavy (non-hydrogen) atoms. The number of hydrogen-bond acceptors (Lipinski definition) is 6. The van der Waals surface area contributed by atoms with Crippen LogP contribution in [0.1, 0.15) is 90.8 Å². The standard InChI is InChI=1S/C43H50N8O2/c1-27-13-15-35(16-14-27)51-40(25-38(49-51)43(4,5)6)48-42(53)47-34-12-7-9-30(21-34)20-31-22-36-17-18-37(23-31)50(36)41(52)32-10-8-11-33(24-32)44-26-39-45-28(2)19-29(3)46-39/h7-16,19,21,24-25,31,36-37,44H,17-18,20,22-23,26H2,1-6H3,(H2,47,48,53). The van der Waals surface area contributed by atoms with E-state index >= 15 is 0 Å². The number of urea groups is 1. The molecule has 10 heteroatoms. The molecule has 0 radical (unpaired) electrons. The first-order chi connectivity index (χ1) is 25.4. The van der Waals surface area contributed by atoms with Crippen molar-refractivity contribution in [1.29, 1.82) is 0 Å². The highest BCUT2D eigenvalue weighted by Gasteiger charge is 2.43. The lowest BCUT2D eigenvalue weighted by Crippen LogP contribution is -2.46. The van der Waals surface area contributed by atoms with Crippen LogP contribution in [0.25, 0.3) is 5.69 Å². The first-order valence-electron chi connectivity index (χ1n) is 18.7. The van der Waals surface area contributed by atoms with Crippen LogP contribution in [0, 0.1) is 26.7 Å². The van der Waals surface area contributed by atoms with Crippen molar-refractivity contribution in [3.05, 3.63) is 125 Å². The molecule has 2 fully saturated rings. The number of benzene rings is 3. The minimum Gasteiger partial charge on any atom is -0.378 e. The molecule has 2 bridgehead atoms. The SMILES string of the molecule is Cc1ccc(-n2nc(C(C)(C)C)cc2NC(=O)Nc2cccc(CC3CC4CCC(C3)N4C(=O)c3cccc(NCc4nc(C)cc(C)n4)c3)c2)cc1. The fraction of sp³-hybridized carbons (Fsp3) is 0.372. The number of rotatable bonds is 9. The second kappa shape index (κ2) is 14.8. The molecule has 2 unspecified atom stereocenters. The van der Waals surface area contributed by atoms with E-state index in [9.17, 15) is 9.59 Å². The van der Waals surface area contributed by atoms with Crippen LogP contribution >= 0.6 is 0 Å². The fourth-order valence-corrected chi connectivity index (χ4v) is 7.87. The number of anilines is 3. The minimum absolute atomic E-state index is 0.109. The molecule has 274 valence electrons. The smallest absolute Gasteiger partial charge is 0.324 e. The molecular weight excluding hydrogens is 661 g/mol. The summed E-state index contributed by atoms with van der Waals surface area (Å²) in [6.45, 7) is 12.8. The number of aromatic nitrogens is 4. The largest absolute Gasteiger partial charge is 0.378 e. The molecule has 2 aliphatic rings. The molecule has 5 aromatic rings. The fourth-order valence-electron chi connectivity index (χ4n) is 7.87. The molecule has 3 amide bonds. The summed E-state index contributed by atoms with van der Waals surface area (Å²) in [5.74, 6) is 1.92. The van der Waals surface area contributed by atoms with Crippen molar-refractivity contribution < 1.29 is 9.59 Å². The Balaban J connectivity index is 0.966. The topological polar surface area (TPSA) is 117 Å². The molecule has 2 aliphatic heterocycles. The van der Waals surface area contributed by atoms with E-state index in [0.29, 0.717) is 23.8 Å². The van der Waals surface area contributed by atoms with E-state index in [0.717, 1.165) is 77.6 Å². The average Bonchev–Trinajstić information content (AvgIpc) is 3.65. The van der Waals surface area contributed by atoms with Crippen LogP contribution in [0.3, 0.4) is 0 Å². The third-order valence-electron chi connectivity index (χ3n) is 10.4. The van der Waals surface area contributed by atoms with Gasteiger partial charge in [0.05, 0.1) is 17.9 Å². The summed E-state index contributed by atoms with van der Waals surface area (Å²) in [5.41, 5.74) is 8.15. The number of nitrogens with zero attached hydrogens (tertiary/aromatic N) is 5. The van der Waals surface area contributed by atoms with E-state index in [1.54, 1.807) is 4.68 Å². The van der Waals surface area contributed by atoms with Gasteiger partial charge in [-0.05, 0) is 113 Å². The van der Waals surface area contributed by atoms with E-state index in [4.69, 9.17) is 5.10 Å². The third kappa shape index (κ3) is 8.43. The van der Waals surface area contributed by atoms with Gasteiger partial charge in [0, 0.05) is 51.9 Å². The number of carbonyl (C=O) groups is 2. The highest BCUT2D eigenvalue weighted by atomic mass is 16.2. The lowest BCUT2D eigenvalue weighted by Gasteiger charge is -2.39. The van der Waals surface area contributed by atoms with Gasteiger partial charge < -0.3 is 15.5 Å². The van der Waals surface area contributed by atoms with Gasteiger partial charge in [0.2, 0.25) is 0 Å². The third-order valence-corrected chi connectivity index (χ3v) is 10.4. The van der Waals surface area contributed by atoms with Crippen LogP contribution in [0.2, 0.25) is 0 Å². The van der Waals surface area contributed by atoms with Crippen molar-refractivity contribution in [1.82, 2.24) is 24.6 Å². The molecule has 2 atom stereocenters. The number of amides is 3. The van der Waals surface area contributed by atoms with E-state index in [1.807, 2.05) is 93.6 Å². The van der Waals surface area contributed by atoms with Crippen LogP contribution in [-0.2, 0) is 18.4 Å². The van der Waals surface area contributed by atoms with Gasteiger partial charge in [-0.1, -0.05) is 56.7 Å². The van der Waals surface area contributed by atoms with Crippen LogP contribution in [-0.4, -0.2) is 48.7 Å². The summed E-state index contributed by atoms with van der Waals surface area (Å²) in [6, 6.07) is 28.1. The quantitative estimate of drug-likeness (QED) is 0.141. The predicted molar refractivity (Wildman–Crippen MR) is 211 cm³/mol. The Hall–Kier alpha value is -5.51. The lowest BCUT2D eigenvalue weighted by atomic mass is 9.85. The van der Waals surface area contributed by atoms with Gasteiger partial charge in [-0.25, -0.2) is 19.4 Å². The molecule has 3 aromatic carbocycles. The first-order valence-corrected chi connectivity index (χ1v) is 18.7. The van der Waals surface area contributed by atoms with E-state index in [-0.39, 0.29) is 29.4 Å². The molecule has 3 N–H and O–H groups in total. The maximum Gasteiger partial charge on any atom is 0.324 e. The van der Waals surface area contributed by atoms with Crippen molar-refractivity contribution in [3.8, 4) is 5.69 Å². The number of nitrogens with one attached hydrogen (secondary N) is 3. The first kappa shape index (κ1) is 35.9. The Labute approximate surface area is 312 Å². The van der Waals surface area contributed by atoms with Crippen LogP contribution in [0.4, 0.5) is 22.0 Å². The van der Waals surface area contributed by atoms with Crippen molar-refractivity contribution in [2.24, 2.45) is 5.92 Å². The van der Waals surface area contributed by atoms with Crippen molar-refractivity contribution in [2.45, 2.75) is 97.7 Å². The zero-order valence-corrected chi connectivity index (χ0v) is 31.6. The molecule has 10 nitrogen and oxygen atoms in total. The van der Waals surface area contributed by atoms with Gasteiger partial charge in [-0.3, -0.25) is 10.1 Å².